The second-order valence-corrected chi connectivity index (χ2v) is 5.03. The van der Waals surface area contributed by atoms with Crippen LogP contribution < -0.4 is 21.9 Å². The molecule has 1 aromatic heterocycles. The van der Waals surface area contributed by atoms with Gasteiger partial charge in [-0.3, -0.25) is 18.7 Å². The molecule has 0 radical (unpaired) electrons. The van der Waals surface area contributed by atoms with Gasteiger partial charge in [-0.25, -0.2) is 4.79 Å². The van der Waals surface area contributed by atoms with Gasteiger partial charge in [0.25, 0.3) is 5.56 Å². The van der Waals surface area contributed by atoms with Gasteiger partial charge in [-0.15, -0.1) is 0 Å². The Morgan fingerprint density at radius 2 is 2.00 bits per heavy atom. The summed E-state index contributed by atoms with van der Waals surface area (Å²) in [6, 6.07) is 1.82. The highest BCUT2D eigenvalue weighted by molar-refractivity contribution is 5.79. The van der Waals surface area contributed by atoms with Crippen molar-refractivity contribution in [1.29, 1.82) is 5.26 Å². The average Bonchev–Trinajstić information content (AvgIpc) is 2.52. The summed E-state index contributed by atoms with van der Waals surface area (Å²) in [5.74, 6) is 0.185. The quantitative estimate of drug-likeness (QED) is 0.653. The van der Waals surface area contributed by atoms with Gasteiger partial charge in [0.1, 0.15) is 11.9 Å². The Morgan fingerprint density at radius 1 is 1.27 bits per heavy atom. The number of aromatic nitrogens is 2. The summed E-state index contributed by atoms with van der Waals surface area (Å²) in [7, 11) is 2.82. The number of rotatable bonds is 4. The first-order valence-electron chi connectivity index (χ1n) is 6.90. The Kier molecular flexibility index (Phi) is 4.62. The minimum Gasteiger partial charge on any atom is -0.368 e. The van der Waals surface area contributed by atoms with E-state index in [2.05, 4.69) is 10.6 Å². The van der Waals surface area contributed by atoms with E-state index in [0.29, 0.717) is 26.2 Å². The predicted octanol–water partition coefficient (Wildman–Crippen LogP) is -2.20. The van der Waals surface area contributed by atoms with Crippen LogP contribution in [0.25, 0.3) is 0 Å². The lowest BCUT2D eigenvalue weighted by Gasteiger charge is -2.27. The van der Waals surface area contributed by atoms with Gasteiger partial charge in [0.15, 0.2) is 5.56 Å². The molecule has 1 aromatic rings. The molecule has 9 nitrogen and oxygen atoms in total. The molecule has 0 unspecified atom stereocenters. The third-order valence-corrected chi connectivity index (χ3v) is 3.64. The van der Waals surface area contributed by atoms with E-state index in [9.17, 15) is 14.4 Å². The third kappa shape index (κ3) is 2.87. The summed E-state index contributed by atoms with van der Waals surface area (Å²) in [4.78, 5) is 37.2. The SMILES string of the molecule is Cn1c(NCCN2CCNCC2=O)c(C#N)c(=O)n(C)c1=O. The van der Waals surface area contributed by atoms with Crippen molar-refractivity contribution in [1.82, 2.24) is 19.4 Å². The summed E-state index contributed by atoms with van der Waals surface area (Å²) in [5, 5.41) is 15.0. The fraction of sp³-hybridized carbons (Fsp3) is 0.538. The molecule has 1 fully saturated rings. The van der Waals surface area contributed by atoms with Crippen LogP contribution in [0.1, 0.15) is 5.56 Å². The molecule has 2 rings (SSSR count). The molecular formula is C13H18N6O3. The molecule has 0 spiro atoms. The maximum Gasteiger partial charge on any atom is 0.332 e. The van der Waals surface area contributed by atoms with E-state index in [-0.39, 0.29) is 17.3 Å². The Balaban J connectivity index is 2.17. The fourth-order valence-corrected chi connectivity index (χ4v) is 2.34. The van der Waals surface area contributed by atoms with Crippen molar-refractivity contribution in [3.63, 3.8) is 0 Å². The van der Waals surface area contributed by atoms with E-state index >= 15 is 0 Å². The first-order chi connectivity index (χ1) is 10.5. The van der Waals surface area contributed by atoms with Crippen LogP contribution >= 0.6 is 0 Å². The number of anilines is 1. The summed E-state index contributed by atoms with van der Waals surface area (Å²) < 4.78 is 2.11. The number of hydrogen-bond donors (Lipinski definition) is 2. The lowest BCUT2D eigenvalue weighted by Crippen LogP contribution is -2.49. The number of carbonyl (C=O) groups is 1. The topological polar surface area (TPSA) is 112 Å². The van der Waals surface area contributed by atoms with Gasteiger partial charge in [-0.2, -0.15) is 5.26 Å². The number of piperazine rings is 1. The number of nitrogens with zero attached hydrogens (tertiary/aromatic N) is 4. The highest BCUT2D eigenvalue weighted by atomic mass is 16.2. The lowest BCUT2D eigenvalue weighted by atomic mass is 10.3. The van der Waals surface area contributed by atoms with Gasteiger partial charge in [0.2, 0.25) is 5.91 Å². The van der Waals surface area contributed by atoms with Crippen LogP contribution in [0.5, 0.6) is 0 Å². The maximum absolute atomic E-state index is 11.9. The van der Waals surface area contributed by atoms with Gasteiger partial charge < -0.3 is 15.5 Å². The molecule has 118 valence electrons. The lowest BCUT2D eigenvalue weighted by molar-refractivity contribution is -0.131. The van der Waals surface area contributed by atoms with Crippen molar-refractivity contribution in [2.75, 3.05) is 38.0 Å². The number of carbonyl (C=O) groups excluding carboxylic acids is 1. The zero-order valence-electron chi connectivity index (χ0n) is 12.5. The van der Waals surface area contributed by atoms with E-state index in [4.69, 9.17) is 5.26 Å². The molecule has 1 aliphatic heterocycles. The van der Waals surface area contributed by atoms with Crippen LogP contribution in [0.15, 0.2) is 9.59 Å². The molecule has 2 heterocycles. The van der Waals surface area contributed by atoms with Crippen molar-refractivity contribution in [3.8, 4) is 6.07 Å². The molecule has 1 aliphatic rings. The maximum atomic E-state index is 11.9. The normalized spacial score (nSPS) is 14.8. The van der Waals surface area contributed by atoms with E-state index in [1.165, 1.54) is 18.7 Å². The molecule has 2 N–H and O–H groups in total. The molecule has 0 atom stereocenters. The van der Waals surface area contributed by atoms with Crippen molar-refractivity contribution < 1.29 is 4.79 Å². The number of hydrogen-bond acceptors (Lipinski definition) is 6. The minimum atomic E-state index is -0.633. The molecule has 9 heteroatoms. The van der Waals surface area contributed by atoms with Crippen LogP contribution in [0.3, 0.4) is 0 Å². The molecule has 0 aliphatic carbocycles. The Bertz CT molecular complexity index is 742. The summed E-state index contributed by atoms with van der Waals surface area (Å²) >= 11 is 0. The molecular weight excluding hydrogens is 288 g/mol. The Morgan fingerprint density at radius 3 is 2.64 bits per heavy atom. The second-order valence-electron chi connectivity index (χ2n) is 5.03. The largest absolute Gasteiger partial charge is 0.368 e. The number of nitriles is 1. The van der Waals surface area contributed by atoms with Crippen molar-refractivity contribution in [3.05, 3.63) is 26.4 Å². The highest BCUT2D eigenvalue weighted by Gasteiger charge is 2.18. The monoisotopic (exact) mass is 306 g/mol. The molecule has 0 saturated carbocycles. The average molecular weight is 306 g/mol. The van der Waals surface area contributed by atoms with Crippen molar-refractivity contribution in [2.24, 2.45) is 14.1 Å². The molecule has 1 amide bonds. The Labute approximate surface area is 126 Å². The number of nitrogens with one attached hydrogen (secondary N) is 2. The van der Waals surface area contributed by atoms with E-state index in [0.717, 1.165) is 11.1 Å². The van der Waals surface area contributed by atoms with Crippen LogP contribution in [-0.2, 0) is 18.9 Å². The third-order valence-electron chi connectivity index (χ3n) is 3.64. The zero-order valence-corrected chi connectivity index (χ0v) is 12.5. The predicted molar refractivity (Wildman–Crippen MR) is 79.6 cm³/mol. The van der Waals surface area contributed by atoms with E-state index < -0.39 is 11.2 Å². The number of amides is 1. The van der Waals surface area contributed by atoms with Crippen LogP contribution in [-0.4, -0.2) is 52.7 Å². The zero-order chi connectivity index (χ0) is 16.3. The first-order valence-corrected chi connectivity index (χ1v) is 6.90. The van der Waals surface area contributed by atoms with Gasteiger partial charge in [0, 0.05) is 40.3 Å². The van der Waals surface area contributed by atoms with Crippen LogP contribution in [0.4, 0.5) is 5.82 Å². The molecule has 1 saturated heterocycles. The summed E-state index contributed by atoms with van der Waals surface area (Å²) in [6.45, 7) is 2.45. The van der Waals surface area contributed by atoms with Gasteiger partial charge in [-0.1, -0.05) is 0 Å². The van der Waals surface area contributed by atoms with Gasteiger partial charge in [0.05, 0.1) is 6.54 Å². The van der Waals surface area contributed by atoms with Gasteiger partial charge >= 0.3 is 5.69 Å². The molecule has 0 bridgehead atoms. The minimum absolute atomic E-state index is 0.00595. The van der Waals surface area contributed by atoms with E-state index in [1.807, 2.05) is 6.07 Å². The standard InChI is InChI=1S/C13H18N6O3/c1-17-11(9(7-14)12(21)18(2)13(17)22)16-4-6-19-5-3-15-8-10(19)20/h15-16H,3-6,8H2,1-2H3. The summed E-state index contributed by atoms with van der Waals surface area (Å²) in [5.41, 5.74) is -1.26. The summed E-state index contributed by atoms with van der Waals surface area (Å²) in [6.07, 6.45) is 0. The van der Waals surface area contributed by atoms with Crippen molar-refractivity contribution >= 4 is 11.7 Å². The Hall–Kier alpha value is -2.60. The van der Waals surface area contributed by atoms with Crippen LogP contribution in [0.2, 0.25) is 0 Å². The van der Waals surface area contributed by atoms with Crippen LogP contribution in [0, 0.1) is 11.3 Å². The second kappa shape index (κ2) is 6.44. The smallest absolute Gasteiger partial charge is 0.332 e. The van der Waals surface area contributed by atoms with E-state index in [1.54, 1.807) is 4.90 Å². The first kappa shape index (κ1) is 15.8. The molecule has 22 heavy (non-hydrogen) atoms. The fourth-order valence-electron chi connectivity index (χ4n) is 2.34. The van der Waals surface area contributed by atoms with Crippen molar-refractivity contribution in [2.45, 2.75) is 0 Å². The molecule has 0 aromatic carbocycles. The highest BCUT2D eigenvalue weighted by Crippen LogP contribution is 2.06. The van der Waals surface area contributed by atoms with Gasteiger partial charge in [-0.05, 0) is 0 Å².